The van der Waals surface area contributed by atoms with Crippen molar-refractivity contribution in [3.8, 4) is 0 Å². The van der Waals surface area contributed by atoms with Crippen molar-refractivity contribution in [3.05, 3.63) is 56.5 Å². The average molecular weight is 522 g/mol. The fourth-order valence-electron chi connectivity index (χ4n) is 5.29. The summed E-state index contributed by atoms with van der Waals surface area (Å²) in [4.78, 5) is 47.0. The van der Waals surface area contributed by atoms with Crippen molar-refractivity contribution < 1.29 is 28.7 Å². The summed E-state index contributed by atoms with van der Waals surface area (Å²) in [5.74, 6) is -0.671. The molecule has 1 aliphatic carbocycles. The number of ether oxygens (including phenoxy) is 1. The van der Waals surface area contributed by atoms with Crippen molar-refractivity contribution in [1.29, 1.82) is 0 Å². The first-order valence-corrected chi connectivity index (χ1v) is 11.8. The van der Waals surface area contributed by atoms with Crippen molar-refractivity contribution in [2.75, 3.05) is 38.3 Å². The van der Waals surface area contributed by atoms with Crippen molar-refractivity contribution in [1.82, 2.24) is 14.9 Å². The molecule has 13 heteroatoms. The number of carbonyl (C=O) groups is 2. The van der Waals surface area contributed by atoms with Gasteiger partial charge in [-0.1, -0.05) is 24.3 Å². The van der Waals surface area contributed by atoms with E-state index >= 15 is 0 Å². The van der Waals surface area contributed by atoms with Crippen LogP contribution >= 0.6 is 11.6 Å². The van der Waals surface area contributed by atoms with Crippen molar-refractivity contribution in [2.45, 2.75) is 37.1 Å². The Morgan fingerprint density at radius 2 is 2.08 bits per heavy atom. The zero-order chi connectivity index (χ0) is 26.0. The van der Waals surface area contributed by atoms with Gasteiger partial charge in [0.05, 0.1) is 23.5 Å². The van der Waals surface area contributed by atoms with Gasteiger partial charge in [0, 0.05) is 26.1 Å². The van der Waals surface area contributed by atoms with Gasteiger partial charge in [0.2, 0.25) is 11.1 Å². The molecule has 0 bridgehead atoms. The molecule has 36 heavy (non-hydrogen) atoms. The van der Waals surface area contributed by atoms with E-state index in [0.29, 0.717) is 12.8 Å². The minimum Gasteiger partial charge on any atom is -0.468 e. The lowest BCUT2D eigenvalue weighted by molar-refractivity contribution is -0.385. The van der Waals surface area contributed by atoms with Crippen molar-refractivity contribution >= 4 is 35.2 Å². The van der Waals surface area contributed by atoms with E-state index in [4.69, 9.17) is 16.3 Å². The predicted molar refractivity (Wildman–Crippen MR) is 127 cm³/mol. The summed E-state index contributed by atoms with van der Waals surface area (Å²) in [6.45, 7) is -1.15. The number of benzene rings is 1. The first kappa shape index (κ1) is 25.5. The Balaban J connectivity index is 1.81. The van der Waals surface area contributed by atoms with Gasteiger partial charge in [-0.25, -0.2) is 14.2 Å². The smallest absolute Gasteiger partial charge is 0.407 e. The number of alkyl halides is 1. The van der Waals surface area contributed by atoms with Crippen LogP contribution in [-0.4, -0.2) is 76.4 Å². The second-order valence-electron chi connectivity index (χ2n) is 8.86. The van der Waals surface area contributed by atoms with Crippen molar-refractivity contribution in [3.63, 3.8) is 0 Å². The number of aryl methyl sites for hydroxylation is 1. The first-order chi connectivity index (χ1) is 17.2. The van der Waals surface area contributed by atoms with Crippen LogP contribution in [0.5, 0.6) is 0 Å². The van der Waals surface area contributed by atoms with E-state index in [-0.39, 0.29) is 42.9 Å². The van der Waals surface area contributed by atoms with Crippen LogP contribution in [0.15, 0.2) is 24.3 Å². The quantitative estimate of drug-likeness (QED) is 0.263. The maximum absolute atomic E-state index is 13.6. The highest BCUT2D eigenvalue weighted by molar-refractivity contribution is 6.28. The number of hydrogen-bond acceptors (Lipinski definition) is 8. The zero-order valence-corrected chi connectivity index (χ0v) is 20.3. The van der Waals surface area contributed by atoms with E-state index in [9.17, 15) is 29.2 Å². The fraction of sp³-hybridized carbons (Fsp3) is 0.478. The number of carboxylic acid groups (broad SMARTS) is 1. The summed E-state index contributed by atoms with van der Waals surface area (Å²) in [6.07, 6.45) is 0.395. The number of nitrogens with zero attached hydrogens (tertiary/aromatic N) is 5. The molecule has 2 heterocycles. The zero-order valence-electron chi connectivity index (χ0n) is 19.5. The number of nitro groups is 1. The molecular weight excluding hydrogens is 497 g/mol. The minimum atomic E-state index is -1.27. The van der Waals surface area contributed by atoms with Gasteiger partial charge in [-0.05, 0) is 42.0 Å². The van der Waals surface area contributed by atoms with E-state index in [2.05, 4.69) is 9.97 Å². The SMILES string of the molecule is COC(=O)C1(Cc2nc(Cl)nc(N3CCN(C(=O)O)[C@@H](CF)C3)c2[N+](=O)[O-])CCCc2ccccc21. The Kier molecular flexibility index (Phi) is 7.25. The highest BCUT2D eigenvalue weighted by atomic mass is 35.5. The fourth-order valence-corrected chi connectivity index (χ4v) is 5.47. The number of anilines is 1. The Morgan fingerprint density at radius 3 is 2.75 bits per heavy atom. The maximum Gasteiger partial charge on any atom is 0.407 e. The molecule has 1 N–H and O–H groups in total. The lowest BCUT2D eigenvalue weighted by atomic mass is 9.67. The summed E-state index contributed by atoms with van der Waals surface area (Å²) in [5, 5.41) is 21.4. The normalized spacial score (nSPS) is 21.6. The molecule has 1 aromatic heterocycles. The molecule has 1 aliphatic heterocycles. The molecule has 2 aliphatic rings. The van der Waals surface area contributed by atoms with Gasteiger partial charge >= 0.3 is 17.7 Å². The Hall–Kier alpha value is -3.54. The van der Waals surface area contributed by atoms with Gasteiger partial charge in [0.25, 0.3) is 0 Å². The van der Waals surface area contributed by atoms with Crippen LogP contribution in [-0.2, 0) is 27.8 Å². The molecule has 0 spiro atoms. The van der Waals surface area contributed by atoms with E-state index in [0.717, 1.165) is 22.4 Å². The number of halogens is 2. The number of piperazine rings is 1. The molecular formula is C23H25ClFN5O6. The Bertz CT molecular complexity index is 1200. The molecule has 11 nitrogen and oxygen atoms in total. The van der Waals surface area contributed by atoms with Gasteiger partial charge in [0.1, 0.15) is 12.4 Å². The molecule has 1 amide bonds. The lowest BCUT2D eigenvalue weighted by Crippen LogP contribution is -2.56. The molecule has 1 saturated heterocycles. The van der Waals surface area contributed by atoms with E-state index < -0.39 is 40.8 Å². The molecule has 1 aromatic carbocycles. The van der Waals surface area contributed by atoms with Crippen LogP contribution in [0, 0.1) is 10.1 Å². The molecule has 0 radical (unpaired) electrons. The lowest BCUT2D eigenvalue weighted by Gasteiger charge is -2.39. The monoisotopic (exact) mass is 521 g/mol. The summed E-state index contributed by atoms with van der Waals surface area (Å²) >= 11 is 6.21. The number of esters is 1. The molecule has 1 unspecified atom stereocenters. The summed E-state index contributed by atoms with van der Waals surface area (Å²) in [5.41, 5.74) is -0.0389. The topological polar surface area (TPSA) is 139 Å². The van der Waals surface area contributed by atoms with Gasteiger partial charge in [-0.2, -0.15) is 4.98 Å². The molecule has 0 saturated carbocycles. The first-order valence-electron chi connectivity index (χ1n) is 11.4. The number of methoxy groups -OCH3 is 1. The number of carbonyl (C=O) groups excluding carboxylic acids is 1. The number of rotatable bonds is 6. The van der Waals surface area contributed by atoms with Gasteiger partial charge < -0.3 is 14.7 Å². The van der Waals surface area contributed by atoms with Crippen molar-refractivity contribution in [2.24, 2.45) is 0 Å². The number of aromatic nitrogens is 2. The van der Waals surface area contributed by atoms with Crippen LogP contribution in [0.3, 0.4) is 0 Å². The molecule has 192 valence electrons. The highest BCUT2D eigenvalue weighted by Crippen LogP contribution is 2.43. The number of fused-ring (bicyclic) bond motifs is 1. The minimum absolute atomic E-state index is 0.0431. The number of amides is 1. The van der Waals surface area contributed by atoms with Gasteiger partial charge in [-0.3, -0.25) is 19.8 Å². The van der Waals surface area contributed by atoms with E-state index in [1.807, 2.05) is 18.2 Å². The summed E-state index contributed by atoms with van der Waals surface area (Å²) in [6, 6.07) is 6.37. The summed E-state index contributed by atoms with van der Waals surface area (Å²) in [7, 11) is 1.27. The third-order valence-corrected chi connectivity index (χ3v) is 7.10. The average Bonchev–Trinajstić information content (AvgIpc) is 2.87. The molecule has 2 aromatic rings. The van der Waals surface area contributed by atoms with E-state index in [1.54, 1.807) is 6.07 Å². The van der Waals surface area contributed by atoms with Crippen LogP contribution in [0.2, 0.25) is 5.28 Å². The van der Waals surface area contributed by atoms with Crippen LogP contribution in [0.4, 0.5) is 20.7 Å². The third-order valence-electron chi connectivity index (χ3n) is 6.93. The second-order valence-corrected chi connectivity index (χ2v) is 9.20. The summed E-state index contributed by atoms with van der Waals surface area (Å²) < 4.78 is 18.8. The largest absolute Gasteiger partial charge is 0.468 e. The maximum atomic E-state index is 13.6. The third kappa shape index (κ3) is 4.52. The van der Waals surface area contributed by atoms with Crippen LogP contribution in [0.25, 0.3) is 0 Å². The van der Waals surface area contributed by atoms with Crippen LogP contribution < -0.4 is 4.90 Å². The Labute approximate surface area is 211 Å². The predicted octanol–water partition coefficient (Wildman–Crippen LogP) is 3.17. The standard InChI is InChI=1S/C23H25ClFN5O6/c1-36-20(31)23(8-4-6-14-5-2-3-7-16(14)23)11-17-18(30(34)35)19(27-21(24)26-17)28-9-10-29(22(32)33)15(12-25)13-28/h2-3,5,7,15H,4,6,8-13H2,1H3,(H,32,33)/t15-,23?/m0/s1. The van der Waals surface area contributed by atoms with Gasteiger partial charge in [0.15, 0.2) is 0 Å². The molecule has 2 atom stereocenters. The molecule has 4 rings (SSSR count). The molecule has 1 fully saturated rings. The Morgan fingerprint density at radius 1 is 1.33 bits per heavy atom. The highest BCUT2D eigenvalue weighted by Gasteiger charge is 2.47. The van der Waals surface area contributed by atoms with Crippen LogP contribution in [0.1, 0.15) is 29.7 Å². The second kappa shape index (κ2) is 10.2. The van der Waals surface area contributed by atoms with Gasteiger partial charge in [-0.15, -0.1) is 0 Å². The number of hydrogen-bond donors (Lipinski definition) is 1. The van der Waals surface area contributed by atoms with E-state index in [1.165, 1.54) is 12.0 Å².